The second-order valence-corrected chi connectivity index (χ2v) is 5.73. The summed E-state index contributed by atoms with van der Waals surface area (Å²) < 4.78 is 37.3. The van der Waals surface area contributed by atoms with Crippen LogP contribution >= 0.6 is 27.7 Å². The van der Waals surface area contributed by atoms with Gasteiger partial charge in [-0.3, -0.25) is 0 Å². The van der Waals surface area contributed by atoms with E-state index in [0.29, 0.717) is 10.2 Å². The van der Waals surface area contributed by atoms with E-state index in [9.17, 15) is 13.2 Å². The zero-order valence-corrected chi connectivity index (χ0v) is 12.9. The Morgan fingerprint density at radius 3 is 2.77 bits per heavy atom. The number of aromatic nitrogens is 4. The third-order valence-electron chi connectivity index (χ3n) is 2.25. The summed E-state index contributed by atoms with van der Waals surface area (Å²) in [6.45, 7) is 0. The van der Waals surface area contributed by atoms with E-state index in [1.165, 1.54) is 24.4 Å². The molecule has 2 N–H and O–H groups in total. The van der Waals surface area contributed by atoms with Gasteiger partial charge in [-0.2, -0.15) is 23.6 Å². The summed E-state index contributed by atoms with van der Waals surface area (Å²) in [6.07, 6.45) is 1.33. The Bertz CT molecular complexity index is 722. The van der Waals surface area contributed by atoms with Crippen molar-refractivity contribution in [2.75, 3.05) is 5.32 Å². The molecule has 2 aromatic rings. The number of anilines is 1. The summed E-state index contributed by atoms with van der Waals surface area (Å²) in [7, 11) is 0. The third kappa shape index (κ3) is 4.47. The highest BCUT2D eigenvalue weighted by Gasteiger charge is 2.29. The number of nitrogens with zero attached hydrogens (tertiary/aromatic N) is 4. The van der Waals surface area contributed by atoms with Crippen LogP contribution in [0.4, 0.5) is 18.9 Å². The number of nitriles is 1. The van der Waals surface area contributed by atoms with E-state index in [-0.39, 0.29) is 28.1 Å². The number of aromatic amines is 1. The molecule has 0 aliphatic carbocycles. The SMILES string of the molecule is N#CC(=CNc1ccc(SC(F)(F)F)cc1Br)c1nn[nH]n1. The van der Waals surface area contributed by atoms with Crippen molar-refractivity contribution in [2.24, 2.45) is 0 Å². The Morgan fingerprint density at radius 2 is 2.23 bits per heavy atom. The topological polar surface area (TPSA) is 90.3 Å². The fourth-order valence-corrected chi connectivity index (χ4v) is 2.61. The standard InChI is InChI=1S/C11H6BrF3N6S/c12-8-3-7(22-11(13,14)15)1-2-9(8)17-5-6(4-16)10-18-20-21-19-10/h1-3,5,17H,(H,18,19,20,21). The van der Waals surface area contributed by atoms with Crippen molar-refractivity contribution in [3.63, 3.8) is 0 Å². The Morgan fingerprint density at radius 1 is 1.45 bits per heavy atom. The van der Waals surface area contributed by atoms with Crippen LogP contribution in [0.25, 0.3) is 5.57 Å². The van der Waals surface area contributed by atoms with Gasteiger partial charge >= 0.3 is 5.51 Å². The van der Waals surface area contributed by atoms with E-state index < -0.39 is 5.51 Å². The van der Waals surface area contributed by atoms with Gasteiger partial charge < -0.3 is 5.32 Å². The quantitative estimate of drug-likeness (QED) is 0.612. The molecule has 0 bridgehead atoms. The molecule has 0 fully saturated rings. The van der Waals surface area contributed by atoms with Crippen LogP contribution in [0.15, 0.2) is 33.8 Å². The summed E-state index contributed by atoms with van der Waals surface area (Å²) in [4.78, 5) is 0.0487. The lowest BCUT2D eigenvalue weighted by Crippen LogP contribution is -1.99. The van der Waals surface area contributed by atoms with Crippen molar-refractivity contribution in [3.05, 3.63) is 34.7 Å². The summed E-state index contributed by atoms with van der Waals surface area (Å²) in [5.41, 5.74) is -3.74. The largest absolute Gasteiger partial charge is 0.446 e. The first kappa shape index (κ1) is 16.3. The maximum atomic E-state index is 12.3. The number of thioether (sulfide) groups is 1. The number of hydrogen-bond acceptors (Lipinski definition) is 6. The van der Waals surface area contributed by atoms with Crippen LogP contribution in [-0.2, 0) is 0 Å². The molecule has 22 heavy (non-hydrogen) atoms. The smallest absolute Gasteiger partial charge is 0.359 e. The van der Waals surface area contributed by atoms with Crippen molar-refractivity contribution in [1.82, 2.24) is 20.6 Å². The molecular formula is C11H6BrF3N6S. The minimum absolute atomic E-state index is 0.0487. The van der Waals surface area contributed by atoms with Crippen molar-refractivity contribution >= 4 is 39.0 Å². The molecule has 0 saturated carbocycles. The maximum absolute atomic E-state index is 12.3. The molecule has 0 unspecified atom stereocenters. The van der Waals surface area contributed by atoms with Gasteiger partial charge in [0.2, 0.25) is 5.82 Å². The number of rotatable bonds is 4. The van der Waals surface area contributed by atoms with Crippen LogP contribution in [0.1, 0.15) is 5.82 Å². The van der Waals surface area contributed by atoms with Crippen molar-refractivity contribution in [2.45, 2.75) is 10.4 Å². The number of tetrazole rings is 1. The molecule has 0 radical (unpaired) electrons. The van der Waals surface area contributed by atoms with Gasteiger partial charge in [-0.1, -0.05) is 0 Å². The predicted octanol–water partition coefficient (Wildman–Crippen LogP) is 3.55. The predicted molar refractivity (Wildman–Crippen MR) is 77.4 cm³/mol. The minimum Gasteiger partial charge on any atom is -0.359 e. The highest BCUT2D eigenvalue weighted by atomic mass is 79.9. The first-order valence-corrected chi connectivity index (χ1v) is 7.16. The molecule has 0 saturated heterocycles. The second-order valence-electron chi connectivity index (χ2n) is 3.74. The maximum Gasteiger partial charge on any atom is 0.446 e. The first-order valence-electron chi connectivity index (χ1n) is 5.55. The van der Waals surface area contributed by atoms with Gasteiger partial charge in [-0.25, -0.2) is 0 Å². The molecule has 2 rings (SSSR count). The molecular weight excluding hydrogens is 385 g/mol. The molecule has 1 aromatic carbocycles. The van der Waals surface area contributed by atoms with Crippen LogP contribution < -0.4 is 5.32 Å². The van der Waals surface area contributed by atoms with E-state index in [0.717, 1.165) is 0 Å². The van der Waals surface area contributed by atoms with Gasteiger partial charge in [0.1, 0.15) is 11.6 Å². The monoisotopic (exact) mass is 390 g/mol. The number of hydrogen-bond donors (Lipinski definition) is 2. The molecule has 1 heterocycles. The third-order valence-corrected chi connectivity index (χ3v) is 3.63. The number of benzene rings is 1. The van der Waals surface area contributed by atoms with Gasteiger partial charge in [0, 0.05) is 15.6 Å². The number of halogens is 4. The van der Waals surface area contributed by atoms with E-state index in [2.05, 4.69) is 41.9 Å². The number of allylic oxidation sites excluding steroid dienone is 1. The highest BCUT2D eigenvalue weighted by molar-refractivity contribution is 9.10. The fraction of sp³-hybridized carbons (Fsp3) is 0.0909. The summed E-state index contributed by atoms with van der Waals surface area (Å²) in [6, 6.07) is 5.99. The van der Waals surface area contributed by atoms with Gasteiger partial charge in [0.15, 0.2) is 0 Å². The zero-order chi connectivity index (χ0) is 16.2. The lowest BCUT2D eigenvalue weighted by atomic mass is 10.3. The van der Waals surface area contributed by atoms with Crippen molar-refractivity contribution in [1.29, 1.82) is 5.26 Å². The lowest BCUT2D eigenvalue weighted by molar-refractivity contribution is -0.0328. The molecule has 6 nitrogen and oxygen atoms in total. The Hall–Kier alpha value is -2.06. The zero-order valence-electron chi connectivity index (χ0n) is 10.5. The lowest BCUT2D eigenvalue weighted by Gasteiger charge is -2.09. The van der Waals surface area contributed by atoms with Crippen molar-refractivity contribution < 1.29 is 13.2 Å². The van der Waals surface area contributed by atoms with Gasteiger partial charge in [0.25, 0.3) is 0 Å². The average molecular weight is 391 g/mol. The van der Waals surface area contributed by atoms with E-state index in [1.54, 1.807) is 0 Å². The summed E-state index contributed by atoms with van der Waals surface area (Å²) >= 11 is 2.96. The van der Waals surface area contributed by atoms with Crippen molar-refractivity contribution in [3.8, 4) is 6.07 Å². The summed E-state index contributed by atoms with van der Waals surface area (Å²) in [5, 5.41) is 24.7. The normalized spacial score (nSPS) is 12.0. The molecule has 0 amide bonds. The summed E-state index contributed by atoms with van der Waals surface area (Å²) in [5.74, 6) is 0.107. The van der Waals surface area contributed by atoms with E-state index in [4.69, 9.17) is 5.26 Å². The number of H-pyrrole nitrogens is 1. The van der Waals surface area contributed by atoms with Gasteiger partial charge in [0.05, 0.1) is 5.69 Å². The Labute approximate surface area is 134 Å². The van der Waals surface area contributed by atoms with Crippen LogP contribution in [0.3, 0.4) is 0 Å². The Kier molecular flexibility index (Phi) is 5.04. The Balaban J connectivity index is 2.15. The first-order chi connectivity index (χ1) is 10.4. The van der Waals surface area contributed by atoms with E-state index in [1.807, 2.05) is 6.07 Å². The molecule has 1 aromatic heterocycles. The molecule has 0 aliphatic rings. The molecule has 0 spiro atoms. The van der Waals surface area contributed by atoms with Crippen LogP contribution in [0.2, 0.25) is 0 Å². The minimum atomic E-state index is -4.35. The second kappa shape index (κ2) is 6.80. The molecule has 11 heteroatoms. The van der Waals surface area contributed by atoms with Gasteiger partial charge in [-0.15, -0.1) is 10.2 Å². The fourth-order valence-electron chi connectivity index (χ4n) is 1.38. The average Bonchev–Trinajstić information content (AvgIpc) is 2.94. The van der Waals surface area contributed by atoms with Crippen LogP contribution in [0.5, 0.6) is 0 Å². The van der Waals surface area contributed by atoms with E-state index >= 15 is 0 Å². The molecule has 114 valence electrons. The molecule has 0 aliphatic heterocycles. The van der Waals surface area contributed by atoms with Gasteiger partial charge in [-0.05, 0) is 51.1 Å². The number of alkyl halides is 3. The highest BCUT2D eigenvalue weighted by Crippen LogP contribution is 2.39. The van der Waals surface area contributed by atoms with Crippen LogP contribution in [0, 0.1) is 11.3 Å². The van der Waals surface area contributed by atoms with Crippen LogP contribution in [-0.4, -0.2) is 26.1 Å². The molecule has 0 atom stereocenters. The number of nitrogens with one attached hydrogen (secondary N) is 2.